The number of pyridine rings is 1. The zero-order valence-corrected chi connectivity index (χ0v) is 14.1. The van der Waals surface area contributed by atoms with Crippen LogP contribution in [-0.2, 0) is 12.7 Å². The van der Waals surface area contributed by atoms with E-state index in [0.717, 1.165) is 18.2 Å². The topological polar surface area (TPSA) is 28.2 Å². The molecule has 2 heterocycles. The minimum Gasteiger partial charge on any atom is -0.314 e. The average Bonchev–Trinajstić information content (AvgIpc) is 2.55. The maximum atomic E-state index is 13.6. The average molecular weight is 376 g/mol. The van der Waals surface area contributed by atoms with Gasteiger partial charge in [0.25, 0.3) is 0 Å². The van der Waals surface area contributed by atoms with Gasteiger partial charge in [-0.15, -0.1) is 12.4 Å². The molecule has 1 aromatic heterocycles. The largest absolute Gasteiger partial charge is 0.416 e. The Kier molecular flexibility index (Phi) is 6.37. The Hall–Kier alpha value is -1.70. The van der Waals surface area contributed by atoms with E-state index in [9.17, 15) is 17.6 Å². The first kappa shape index (κ1) is 19.6. The Morgan fingerprint density at radius 3 is 2.56 bits per heavy atom. The molecule has 25 heavy (non-hydrogen) atoms. The summed E-state index contributed by atoms with van der Waals surface area (Å²) in [5.74, 6) is -0.865. The van der Waals surface area contributed by atoms with E-state index in [-0.39, 0.29) is 25.0 Å². The van der Waals surface area contributed by atoms with Crippen molar-refractivity contribution in [1.82, 2.24) is 15.2 Å². The second-order valence-corrected chi connectivity index (χ2v) is 5.82. The summed E-state index contributed by atoms with van der Waals surface area (Å²) in [4.78, 5) is 6.04. The molecule has 136 valence electrons. The number of nitrogens with zero attached hydrogens (tertiary/aromatic N) is 2. The molecular weight excluding hydrogens is 358 g/mol. The number of alkyl halides is 3. The molecule has 0 bridgehead atoms. The maximum Gasteiger partial charge on any atom is 0.416 e. The van der Waals surface area contributed by atoms with Crippen LogP contribution in [-0.4, -0.2) is 29.5 Å². The van der Waals surface area contributed by atoms with E-state index in [1.807, 2.05) is 12.1 Å². The van der Waals surface area contributed by atoms with Crippen LogP contribution in [0.15, 0.2) is 42.7 Å². The molecule has 1 aromatic carbocycles. The molecule has 1 aliphatic heterocycles. The standard InChI is InChI=1S/C17H17F4N3.ClH/c18-15-8-12(7-14(9-15)17(19,20)21)11-24-6-5-23-10-16(24)13-1-3-22-4-2-13;/h1-4,7-9,16,23H,5-6,10-11H2;1H. The van der Waals surface area contributed by atoms with Gasteiger partial charge < -0.3 is 5.32 Å². The van der Waals surface area contributed by atoms with Crippen LogP contribution in [0.2, 0.25) is 0 Å². The van der Waals surface area contributed by atoms with E-state index in [4.69, 9.17) is 0 Å². The fourth-order valence-electron chi connectivity index (χ4n) is 2.99. The van der Waals surface area contributed by atoms with Crippen molar-refractivity contribution in [2.75, 3.05) is 19.6 Å². The SMILES string of the molecule is Cl.Fc1cc(CN2CCNCC2c2ccncc2)cc(C(F)(F)F)c1. The lowest BCUT2D eigenvalue weighted by molar-refractivity contribution is -0.137. The van der Waals surface area contributed by atoms with Crippen LogP contribution in [0.3, 0.4) is 0 Å². The molecule has 1 aliphatic rings. The van der Waals surface area contributed by atoms with Gasteiger partial charge in [0, 0.05) is 44.6 Å². The van der Waals surface area contributed by atoms with Crippen molar-refractivity contribution in [3.05, 3.63) is 65.2 Å². The van der Waals surface area contributed by atoms with Crippen molar-refractivity contribution in [2.45, 2.75) is 18.8 Å². The molecule has 1 N–H and O–H groups in total. The molecule has 0 saturated carbocycles. The molecule has 0 aliphatic carbocycles. The summed E-state index contributed by atoms with van der Waals surface area (Å²) in [6.45, 7) is 2.36. The molecular formula is C17H18ClF4N3. The molecule has 2 aromatic rings. The Morgan fingerprint density at radius 1 is 1.16 bits per heavy atom. The molecule has 3 rings (SSSR count). The van der Waals surface area contributed by atoms with Crippen molar-refractivity contribution >= 4 is 12.4 Å². The highest BCUT2D eigenvalue weighted by Crippen LogP contribution is 2.31. The predicted octanol–water partition coefficient (Wildman–Crippen LogP) is 3.81. The van der Waals surface area contributed by atoms with Crippen LogP contribution in [0.4, 0.5) is 17.6 Å². The van der Waals surface area contributed by atoms with Gasteiger partial charge >= 0.3 is 6.18 Å². The van der Waals surface area contributed by atoms with E-state index in [2.05, 4.69) is 15.2 Å². The van der Waals surface area contributed by atoms with Gasteiger partial charge in [-0.2, -0.15) is 13.2 Å². The number of halogens is 5. The lowest BCUT2D eigenvalue weighted by Gasteiger charge is -2.36. The van der Waals surface area contributed by atoms with Gasteiger partial charge in [0.05, 0.1) is 5.56 Å². The number of aromatic nitrogens is 1. The summed E-state index contributed by atoms with van der Waals surface area (Å²) in [7, 11) is 0. The van der Waals surface area contributed by atoms with E-state index >= 15 is 0 Å². The molecule has 1 atom stereocenters. The number of hydrogen-bond acceptors (Lipinski definition) is 3. The van der Waals surface area contributed by atoms with Crippen LogP contribution in [0.25, 0.3) is 0 Å². The quantitative estimate of drug-likeness (QED) is 0.827. The summed E-state index contributed by atoms with van der Waals surface area (Å²) < 4.78 is 52.2. The van der Waals surface area contributed by atoms with Crippen molar-refractivity contribution in [1.29, 1.82) is 0 Å². The second-order valence-electron chi connectivity index (χ2n) is 5.82. The summed E-state index contributed by atoms with van der Waals surface area (Å²) in [5, 5.41) is 3.28. The van der Waals surface area contributed by atoms with Gasteiger partial charge in [0.15, 0.2) is 0 Å². The van der Waals surface area contributed by atoms with Crippen molar-refractivity contribution in [3.8, 4) is 0 Å². The van der Waals surface area contributed by atoms with Gasteiger partial charge in [-0.05, 0) is 41.5 Å². The zero-order valence-electron chi connectivity index (χ0n) is 13.3. The number of rotatable bonds is 3. The number of nitrogens with one attached hydrogen (secondary N) is 1. The van der Waals surface area contributed by atoms with E-state index in [1.54, 1.807) is 12.4 Å². The van der Waals surface area contributed by atoms with E-state index < -0.39 is 17.6 Å². The normalized spacial score (nSPS) is 18.6. The first-order valence-electron chi connectivity index (χ1n) is 7.65. The number of benzene rings is 1. The van der Waals surface area contributed by atoms with Crippen molar-refractivity contribution in [3.63, 3.8) is 0 Å². The van der Waals surface area contributed by atoms with Crippen LogP contribution >= 0.6 is 12.4 Å². The molecule has 3 nitrogen and oxygen atoms in total. The minimum atomic E-state index is -4.55. The highest BCUT2D eigenvalue weighted by Gasteiger charge is 2.32. The third-order valence-corrected chi connectivity index (χ3v) is 4.12. The highest BCUT2D eigenvalue weighted by atomic mass is 35.5. The Labute approximate surface area is 149 Å². The predicted molar refractivity (Wildman–Crippen MR) is 88.9 cm³/mol. The molecule has 8 heteroatoms. The van der Waals surface area contributed by atoms with Gasteiger partial charge in [0.1, 0.15) is 5.82 Å². The Bertz CT molecular complexity index is 694. The van der Waals surface area contributed by atoms with Crippen LogP contribution in [0, 0.1) is 5.82 Å². The molecule has 0 radical (unpaired) electrons. The molecule has 0 amide bonds. The monoisotopic (exact) mass is 375 g/mol. The van der Waals surface area contributed by atoms with Crippen molar-refractivity contribution < 1.29 is 17.6 Å². The fraction of sp³-hybridized carbons (Fsp3) is 0.353. The van der Waals surface area contributed by atoms with Crippen LogP contribution in [0.5, 0.6) is 0 Å². The van der Waals surface area contributed by atoms with Gasteiger partial charge in [0.2, 0.25) is 0 Å². The second kappa shape index (κ2) is 8.12. The summed E-state index contributed by atoms with van der Waals surface area (Å²) in [5.41, 5.74) is 0.404. The fourth-order valence-corrected chi connectivity index (χ4v) is 2.99. The molecule has 1 fully saturated rings. The first-order chi connectivity index (χ1) is 11.4. The summed E-state index contributed by atoms with van der Waals surface area (Å²) >= 11 is 0. The number of hydrogen-bond donors (Lipinski definition) is 1. The first-order valence-corrected chi connectivity index (χ1v) is 7.65. The van der Waals surface area contributed by atoms with Crippen LogP contribution < -0.4 is 5.32 Å². The third kappa shape index (κ3) is 4.90. The summed E-state index contributed by atoms with van der Waals surface area (Å²) in [6.07, 6.45) is -1.18. The lowest BCUT2D eigenvalue weighted by atomic mass is 10.0. The maximum absolute atomic E-state index is 13.6. The minimum absolute atomic E-state index is 0. The summed E-state index contributed by atoms with van der Waals surface area (Å²) in [6, 6.07) is 6.51. The zero-order chi connectivity index (χ0) is 17.2. The van der Waals surface area contributed by atoms with Gasteiger partial charge in [-0.25, -0.2) is 4.39 Å². The van der Waals surface area contributed by atoms with E-state index in [1.165, 1.54) is 6.07 Å². The lowest BCUT2D eigenvalue weighted by Crippen LogP contribution is -2.45. The smallest absolute Gasteiger partial charge is 0.314 e. The molecule has 1 saturated heterocycles. The Balaban J connectivity index is 0.00000225. The van der Waals surface area contributed by atoms with Crippen molar-refractivity contribution in [2.24, 2.45) is 0 Å². The van der Waals surface area contributed by atoms with Gasteiger partial charge in [-0.1, -0.05) is 0 Å². The third-order valence-electron chi connectivity index (χ3n) is 4.12. The number of piperazine rings is 1. The Morgan fingerprint density at radius 2 is 1.88 bits per heavy atom. The van der Waals surface area contributed by atoms with Gasteiger partial charge in [-0.3, -0.25) is 9.88 Å². The highest BCUT2D eigenvalue weighted by molar-refractivity contribution is 5.85. The molecule has 1 unspecified atom stereocenters. The molecule has 0 spiro atoms. The van der Waals surface area contributed by atoms with E-state index in [0.29, 0.717) is 24.7 Å². The van der Waals surface area contributed by atoms with Crippen LogP contribution in [0.1, 0.15) is 22.7 Å².